The summed E-state index contributed by atoms with van der Waals surface area (Å²) in [4.78, 5) is 14.4. The van der Waals surface area contributed by atoms with Crippen LogP contribution in [-0.2, 0) is 14.8 Å². The summed E-state index contributed by atoms with van der Waals surface area (Å²) in [6.45, 7) is 6.79. The van der Waals surface area contributed by atoms with Crippen molar-refractivity contribution in [3.8, 4) is 5.75 Å². The summed E-state index contributed by atoms with van der Waals surface area (Å²) in [5.74, 6) is 0.279. The quantitative estimate of drug-likeness (QED) is 0.722. The van der Waals surface area contributed by atoms with Gasteiger partial charge in [-0.25, -0.2) is 8.42 Å². The molecule has 2 aromatic rings. The fourth-order valence-corrected chi connectivity index (χ4v) is 4.83. The molecule has 0 unspecified atom stereocenters. The van der Waals surface area contributed by atoms with E-state index in [0.717, 1.165) is 16.7 Å². The summed E-state index contributed by atoms with van der Waals surface area (Å²) in [6, 6.07) is 10.5. The Labute approximate surface area is 177 Å². The maximum Gasteiger partial charge on any atom is 0.260 e. The van der Waals surface area contributed by atoms with Gasteiger partial charge in [0.15, 0.2) is 6.61 Å². The topological polar surface area (TPSA) is 66.9 Å². The lowest BCUT2D eigenvalue weighted by molar-refractivity contribution is -0.134. The second-order valence-electron chi connectivity index (χ2n) is 7.25. The molecule has 0 aliphatic carbocycles. The molecule has 1 saturated heterocycles. The van der Waals surface area contributed by atoms with Gasteiger partial charge in [0.25, 0.3) is 5.91 Å². The molecule has 0 spiro atoms. The first-order valence-corrected chi connectivity index (χ1v) is 11.2. The van der Waals surface area contributed by atoms with Crippen molar-refractivity contribution in [3.05, 3.63) is 58.1 Å². The van der Waals surface area contributed by atoms with Crippen LogP contribution in [0.1, 0.15) is 16.7 Å². The Morgan fingerprint density at radius 3 is 2.34 bits per heavy atom. The van der Waals surface area contributed by atoms with Crippen LogP contribution >= 0.6 is 11.6 Å². The van der Waals surface area contributed by atoms with E-state index in [1.807, 2.05) is 32.9 Å². The minimum atomic E-state index is -3.57. The Morgan fingerprint density at radius 2 is 1.69 bits per heavy atom. The van der Waals surface area contributed by atoms with Crippen molar-refractivity contribution in [1.29, 1.82) is 0 Å². The summed E-state index contributed by atoms with van der Waals surface area (Å²) in [6.07, 6.45) is 0. The van der Waals surface area contributed by atoms with Crippen molar-refractivity contribution in [1.82, 2.24) is 9.21 Å². The molecule has 156 valence electrons. The third-order valence-electron chi connectivity index (χ3n) is 5.15. The van der Waals surface area contributed by atoms with E-state index in [9.17, 15) is 13.2 Å². The molecule has 3 rings (SSSR count). The van der Waals surface area contributed by atoms with Crippen LogP contribution in [0.5, 0.6) is 5.75 Å². The summed E-state index contributed by atoms with van der Waals surface area (Å²) in [7, 11) is -3.57. The van der Waals surface area contributed by atoms with Gasteiger partial charge in [0.1, 0.15) is 5.75 Å². The SMILES string of the molecule is Cc1ccc(Cl)c(OCC(=O)N2CCN(S(=O)(=O)c3ccc(C)c(C)c3)CC2)c1. The fourth-order valence-electron chi connectivity index (χ4n) is 3.15. The number of amides is 1. The van der Waals surface area contributed by atoms with Gasteiger partial charge in [-0.2, -0.15) is 4.31 Å². The number of piperazine rings is 1. The maximum absolute atomic E-state index is 12.9. The van der Waals surface area contributed by atoms with Gasteiger partial charge in [-0.05, 0) is 61.7 Å². The zero-order chi connectivity index (χ0) is 21.2. The standard InChI is InChI=1S/C21H25ClN2O4S/c1-15-4-7-19(22)20(12-15)28-14-21(25)23-8-10-24(11-9-23)29(26,27)18-6-5-16(2)17(3)13-18/h4-7,12-13H,8-11,14H2,1-3H3. The number of sulfonamides is 1. The minimum absolute atomic E-state index is 0.132. The molecule has 1 heterocycles. The molecule has 0 saturated carbocycles. The van der Waals surface area contributed by atoms with Gasteiger partial charge < -0.3 is 9.64 Å². The first-order valence-electron chi connectivity index (χ1n) is 9.42. The first kappa shape index (κ1) is 21.6. The molecular weight excluding hydrogens is 412 g/mol. The molecule has 6 nitrogen and oxygen atoms in total. The van der Waals surface area contributed by atoms with Crippen LogP contribution in [0.3, 0.4) is 0 Å². The minimum Gasteiger partial charge on any atom is -0.482 e. The van der Waals surface area contributed by atoms with E-state index in [2.05, 4.69) is 0 Å². The van der Waals surface area contributed by atoms with E-state index >= 15 is 0 Å². The van der Waals surface area contributed by atoms with Crippen LogP contribution in [0, 0.1) is 20.8 Å². The number of hydrogen-bond donors (Lipinski definition) is 0. The third kappa shape index (κ3) is 4.91. The van der Waals surface area contributed by atoms with Crippen molar-refractivity contribution in [3.63, 3.8) is 0 Å². The Kier molecular flexibility index (Phi) is 6.51. The molecule has 1 fully saturated rings. The number of hydrogen-bond acceptors (Lipinski definition) is 4. The Balaban J connectivity index is 1.58. The Hall–Kier alpha value is -2.09. The van der Waals surface area contributed by atoms with Gasteiger partial charge in [-0.3, -0.25) is 4.79 Å². The number of nitrogens with zero attached hydrogens (tertiary/aromatic N) is 2. The molecule has 0 aromatic heterocycles. The largest absolute Gasteiger partial charge is 0.482 e. The molecule has 1 amide bonds. The number of ether oxygens (including phenoxy) is 1. The Bertz CT molecular complexity index is 1020. The molecular formula is C21H25ClN2O4S. The zero-order valence-electron chi connectivity index (χ0n) is 16.8. The highest BCUT2D eigenvalue weighted by Gasteiger charge is 2.30. The van der Waals surface area contributed by atoms with E-state index in [4.69, 9.17) is 16.3 Å². The number of rotatable bonds is 5. The highest BCUT2D eigenvalue weighted by Crippen LogP contribution is 2.25. The lowest BCUT2D eigenvalue weighted by Gasteiger charge is -2.34. The lowest BCUT2D eigenvalue weighted by Crippen LogP contribution is -2.51. The van der Waals surface area contributed by atoms with Crippen LogP contribution in [0.25, 0.3) is 0 Å². The summed E-state index contributed by atoms with van der Waals surface area (Å²) in [5.41, 5.74) is 2.97. The van der Waals surface area contributed by atoms with Crippen molar-refractivity contribution in [2.75, 3.05) is 32.8 Å². The number of halogens is 1. The normalized spacial score (nSPS) is 15.4. The zero-order valence-corrected chi connectivity index (χ0v) is 18.4. The summed E-state index contributed by atoms with van der Waals surface area (Å²) >= 11 is 6.09. The van der Waals surface area contributed by atoms with Gasteiger partial charge in [-0.1, -0.05) is 23.7 Å². The van der Waals surface area contributed by atoms with Gasteiger partial charge in [0.2, 0.25) is 10.0 Å². The van der Waals surface area contributed by atoms with Gasteiger partial charge in [0, 0.05) is 26.2 Å². The second-order valence-corrected chi connectivity index (χ2v) is 9.60. The molecule has 8 heteroatoms. The van der Waals surface area contributed by atoms with Gasteiger partial charge in [-0.15, -0.1) is 0 Å². The molecule has 1 aliphatic heterocycles. The van der Waals surface area contributed by atoms with Crippen molar-refractivity contribution < 1.29 is 17.9 Å². The van der Waals surface area contributed by atoms with Crippen molar-refractivity contribution in [2.45, 2.75) is 25.7 Å². The smallest absolute Gasteiger partial charge is 0.260 e. The number of carbonyl (C=O) groups is 1. The third-order valence-corrected chi connectivity index (χ3v) is 7.35. The van der Waals surface area contributed by atoms with E-state index in [1.54, 1.807) is 29.2 Å². The second kappa shape index (κ2) is 8.73. The average molecular weight is 437 g/mol. The van der Waals surface area contributed by atoms with Gasteiger partial charge >= 0.3 is 0 Å². The Morgan fingerprint density at radius 1 is 1.00 bits per heavy atom. The van der Waals surface area contributed by atoms with Crippen molar-refractivity contribution >= 4 is 27.5 Å². The highest BCUT2D eigenvalue weighted by atomic mass is 35.5. The first-order chi connectivity index (χ1) is 13.7. The van der Waals surface area contributed by atoms with E-state index < -0.39 is 10.0 Å². The summed E-state index contributed by atoms with van der Waals surface area (Å²) < 4.78 is 32.8. The van der Waals surface area contributed by atoms with E-state index in [0.29, 0.717) is 23.9 Å². The predicted molar refractivity (Wildman–Crippen MR) is 113 cm³/mol. The number of carbonyl (C=O) groups excluding carboxylic acids is 1. The lowest BCUT2D eigenvalue weighted by atomic mass is 10.1. The molecule has 0 radical (unpaired) electrons. The van der Waals surface area contributed by atoms with E-state index in [-0.39, 0.29) is 30.5 Å². The van der Waals surface area contributed by atoms with Gasteiger partial charge in [0.05, 0.1) is 9.92 Å². The molecule has 2 aromatic carbocycles. The molecule has 29 heavy (non-hydrogen) atoms. The highest BCUT2D eigenvalue weighted by molar-refractivity contribution is 7.89. The molecule has 0 N–H and O–H groups in total. The van der Waals surface area contributed by atoms with Crippen LogP contribution < -0.4 is 4.74 Å². The maximum atomic E-state index is 12.9. The van der Waals surface area contributed by atoms with E-state index in [1.165, 1.54) is 4.31 Å². The van der Waals surface area contributed by atoms with Crippen LogP contribution in [-0.4, -0.2) is 56.3 Å². The summed E-state index contributed by atoms with van der Waals surface area (Å²) in [5, 5.41) is 0.452. The molecule has 0 atom stereocenters. The predicted octanol–water partition coefficient (Wildman–Crippen LogP) is 3.18. The molecule has 0 bridgehead atoms. The number of benzene rings is 2. The van der Waals surface area contributed by atoms with Crippen molar-refractivity contribution in [2.24, 2.45) is 0 Å². The van der Waals surface area contributed by atoms with Crippen LogP contribution in [0.2, 0.25) is 5.02 Å². The monoisotopic (exact) mass is 436 g/mol. The fraction of sp³-hybridized carbons (Fsp3) is 0.381. The van der Waals surface area contributed by atoms with Crippen LogP contribution in [0.15, 0.2) is 41.3 Å². The molecule has 1 aliphatic rings. The average Bonchev–Trinajstić information content (AvgIpc) is 2.70. The number of aryl methyl sites for hydroxylation is 3. The van der Waals surface area contributed by atoms with Crippen LogP contribution in [0.4, 0.5) is 0 Å².